The molecule has 0 bridgehead atoms. The molecule has 0 radical (unpaired) electrons. The van der Waals surface area contributed by atoms with E-state index in [4.69, 9.17) is 4.74 Å². The number of Topliss-reactive ketones (excluding diaryl/α,β-unsaturated/α-hetero) is 1. The summed E-state index contributed by atoms with van der Waals surface area (Å²) in [7, 11) is 0. The fourth-order valence-electron chi connectivity index (χ4n) is 3.26. The Bertz CT molecular complexity index is 840. The number of aryl methyl sites for hydroxylation is 1. The van der Waals surface area contributed by atoms with E-state index in [1.54, 1.807) is 6.92 Å². The Morgan fingerprint density at radius 1 is 1.00 bits per heavy atom. The largest absolute Gasteiger partial charge is 0.377 e. The van der Waals surface area contributed by atoms with Gasteiger partial charge in [-0.3, -0.25) is 4.79 Å². The molecule has 2 unspecified atom stereocenters. The van der Waals surface area contributed by atoms with Crippen molar-refractivity contribution in [3.8, 4) is 0 Å². The van der Waals surface area contributed by atoms with Crippen molar-refractivity contribution in [1.82, 2.24) is 0 Å². The standard InChI is InChI=1S/C20H18F4O2/c1-10-3-12(7-16(21)19(10)23)5-13-6-14(20(24)17(22)8-13)15-9-26-11(2)4-18(15)25/h3,6-8,11,15H,4-5,9H2,1-2H3. The molecular formula is C20H18F4O2. The van der Waals surface area contributed by atoms with Crippen molar-refractivity contribution in [1.29, 1.82) is 0 Å². The number of carbonyl (C=O) groups is 1. The summed E-state index contributed by atoms with van der Waals surface area (Å²) in [4.78, 5) is 12.2. The third-order valence-electron chi connectivity index (χ3n) is 4.59. The monoisotopic (exact) mass is 366 g/mol. The first-order valence-corrected chi connectivity index (χ1v) is 8.33. The van der Waals surface area contributed by atoms with E-state index in [1.807, 2.05) is 0 Å². The summed E-state index contributed by atoms with van der Waals surface area (Å²) in [6.07, 6.45) is -0.0290. The van der Waals surface area contributed by atoms with Crippen LogP contribution in [-0.2, 0) is 16.0 Å². The zero-order valence-corrected chi connectivity index (χ0v) is 14.4. The molecule has 2 atom stereocenters. The molecule has 3 rings (SSSR count). The van der Waals surface area contributed by atoms with Gasteiger partial charge in [0.2, 0.25) is 0 Å². The maximum atomic E-state index is 14.3. The minimum absolute atomic E-state index is 0.00982. The lowest BCUT2D eigenvalue weighted by Gasteiger charge is -2.26. The smallest absolute Gasteiger partial charge is 0.162 e. The zero-order chi connectivity index (χ0) is 19.0. The molecule has 1 heterocycles. The van der Waals surface area contributed by atoms with Crippen molar-refractivity contribution in [2.24, 2.45) is 0 Å². The highest BCUT2D eigenvalue weighted by Crippen LogP contribution is 2.30. The van der Waals surface area contributed by atoms with Gasteiger partial charge in [-0.2, -0.15) is 0 Å². The number of ether oxygens (including phenoxy) is 1. The van der Waals surface area contributed by atoms with Crippen LogP contribution >= 0.6 is 0 Å². The van der Waals surface area contributed by atoms with Crippen molar-refractivity contribution < 1.29 is 27.1 Å². The Balaban J connectivity index is 1.95. The van der Waals surface area contributed by atoms with E-state index in [-0.39, 0.29) is 42.5 Å². The van der Waals surface area contributed by atoms with Crippen LogP contribution in [0.2, 0.25) is 0 Å². The Morgan fingerprint density at radius 2 is 1.62 bits per heavy atom. The lowest BCUT2D eigenvalue weighted by Crippen LogP contribution is -2.31. The normalized spacial score (nSPS) is 20.5. The van der Waals surface area contributed by atoms with E-state index < -0.39 is 29.2 Å². The summed E-state index contributed by atoms with van der Waals surface area (Å²) in [6, 6.07) is 4.89. The van der Waals surface area contributed by atoms with Crippen LogP contribution in [0.3, 0.4) is 0 Å². The van der Waals surface area contributed by atoms with Gasteiger partial charge in [-0.1, -0.05) is 12.1 Å². The first kappa shape index (κ1) is 18.6. The van der Waals surface area contributed by atoms with E-state index in [2.05, 4.69) is 0 Å². The van der Waals surface area contributed by atoms with Crippen molar-refractivity contribution in [2.75, 3.05) is 6.61 Å². The lowest BCUT2D eigenvalue weighted by molar-refractivity contribution is -0.130. The molecule has 0 aromatic heterocycles. The molecule has 0 aliphatic carbocycles. The van der Waals surface area contributed by atoms with E-state index in [0.717, 1.165) is 12.1 Å². The molecule has 138 valence electrons. The van der Waals surface area contributed by atoms with Crippen LogP contribution in [0.1, 0.15) is 41.5 Å². The summed E-state index contributed by atoms with van der Waals surface area (Å²) < 4.78 is 60.7. The minimum Gasteiger partial charge on any atom is -0.377 e. The molecule has 1 aliphatic rings. The third kappa shape index (κ3) is 3.65. The zero-order valence-electron chi connectivity index (χ0n) is 14.4. The highest BCUT2D eigenvalue weighted by atomic mass is 19.2. The Morgan fingerprint density at radius 3 is 2.23 bits per heavy atom. The topological polar surface area (TPSA) is 26.3 Å². The number of halogens is 4. The summed E-state index contributed by atoms with van der Waals surface area (Å²) in [5.41, 5.74) is 0.873. The maximum Gasteiger partial charge on any atom is 0.162 e. The molecular weight excluding hydrogens is 348 g/mol. The molecule has 0 spiro atoms. The van der Waals surface area contributed by atoms with E-state index >= 15 is 0 Å². The Kier molecular flexibility index (Phi) is 5.14. The number of rotatable bonds is 3. The number of ketones is 1. The van der Waals surface area contributed by atoms with Gasteiger partial charge in [-0.25, -0.2) is 17.6 Å². The van der Waals surface area contributed by atoms with Crippen molar-refractivity contribution in [2.45, 2.75) is 38.7 Å². The van der Waals surface area contributed by atoms with Gasteiger partial charge < -0.3 is 4.74 Å². The van der Waals surface area contributed by atoms with Crippen LogP contribution in [0.4, 0.5) is 17.6 Å². The predicted molar refractivity (Wildman–Crippen MR) is 88.0 cm³/mol. The van der Waals surface area contributed by atoms with E-state index in [1.165, 1.54) is 19.1 Å². The van der Waals surface area contributed by atoms with Crippen LogP contribution in [0.15, 0.2) is 24.3 Å². The first-order valence-electron chi connectivity index (χ1n) is 8.33. The van der Waals surface area contributed by atoms with Gasteiger partial charge in [0.1, 0.15) is 5.78 Å². The molecule has 0 saturated carbocycles. The molecule has 1 saturated heterocycles. The highest BCUT2D eigenvalue weighted by Gasteiger charge is 2.31. The third-order valence-corrected chi connectivity index (χ3v) is 4.59. The molecule has 1 aliphatic heterocycles. The van der Waals surface area contributed by atoms with Gasteiger partial charge in [-0.05, 0) is 49.1 Å². The van der Waals surface area contributed by atoms with Crippen molar-refractivity contribution >= 4 is 5.78 Å². The lowest BCUT2D eigenvalue weighted by atomic mass is 9.88. The average Bonchev–Trinajstić information content (AvgIpc) is 2.56. The van der Waals surface area contributed by atoms with E-state index in [9.17, 15) is 22.4 Å². The van der Waals surface area contributed by atoms with Crippen LogP contribution in [0, 0.1) is 30.2 Å². The van der Waals surface area contributed by atoms with Crippen molar-refractivity contribution in [3.05, 3.63) is 69.8 Å². The SMILES string of the molecule is Cc1cc(Cc2cc(F)c(F)c(C3COC(C)CC3=O)c2)cc(F)c1F. The summed E-state index contributed by atoms with van der Waals surface area (Å²) >= 11 is 0. The Labute approximate surface area is 148 Å². The van der Waals surface area contributed by atoms with Crippen LogP contribution < -0.4 is 0 Å². The number of hydrogen-bond donors (Lipinski definition) is 0. The minimum atomic E-state index is -1.08. The number of benzene rings is 2. The molecule has 2 nitrogen and oxygen atoms in total. The molecule has 26 heavy (non-hydrogen) atoms. The van der Waals surface area contributed by atoms with Gasteiger partial charge in [0.05, 0.1) is 18.6 Å². The summed E-state index contributed by atoms with van der Waals surface area (Å²) in [5, 5.41) is 0. The molecule has 1 fully saturated rings. The molecule has 2 aromatic carbocycles. The van der Waals surface area contributed by atoms with Gasteiger partial charge in [0, 0.05) is 12.0 Å². The molecule has 2 aromatic rings. The van der Waals surface area contributed by atoms with Crippen molar-refractivity contribution in [3.63, 3.8) is 0 Å². The molecule has 6 heteroatoms. The Hall–Kier alpha value is -2.21. The van der Waals surface area contributed by atoms with Crippen LogP contribution in [0.5, 0.6) is 0 Å². The number of hydrogen-bond acceptors (Lipinski definition) is 2. The fraction of sp³-hybridized carbons (Fsp3) is 0.350. The first-order chi connectivity index (χ1) is 12.3. The van der Waals surface area contributed by atoms with E-state index in [0.29, 0.717) is 11.1 Å². The predicted octanol–water partition coefficient (Wildman–Crippen LogP) is 4.60. The second kappa shape index (κ2) is 7.19. The highest BCUT2D eigenvalue weighted by molar-refractivity contribution is 5.87. The molecule has 0 amide bonds. The number of carbonyl (C=O) groups excluding carboxylic acids is 1. The second-order valence-electron chi connectivity index (χ2n) is 6.73. The molecule has 0 N–H and O–H groups in total. The van der Waals surface area contributed by atoms with Gasteiger partial charge in [-0.15, -0.1) is 0 Å². The van der Waals surface area contributed by atoms with Crippen LogP contribution in [-0.4, -0.2) is 18.5 Å². The maximum absolute atomic E-state index is 14.3. The summed E-state index contributed by atoms with van der Waals surface area (Å²) in [5.74, 6) is -5.16. The average molecular weight is 366 g/mol. The van der Waals surface area contributed by atoms with Crippen LogP contribution in [0.25, 0.3) is 0 Å². The van der Waals surface area contributed by atoms with Gasteiger partial charge >= 0.3 is 0 Å². The van der Waals surface area contributed by atoms with Gasteiger partial charge in [0.25, 0.3) is 0 Å². The quantitative estimate of drug-likeness (QED) is 0.742. The fourth-order valence-corrected chi connectivity index (χ4v) is 3.26. The van der Waals surface area contributed by atoms with Gasteiger partial charge in [0.15, 0.2) is 23.3 Å². The second-order valence-corrected chi connectivity index (χ2v) is 6.73. The summed E-state index contributed by atoms with van der Waals surface area (Å²) in [6.45, 7) is 3.16.